The van der Waals surface area contributed by atoms with Crippen molar-refractivity contribution in [1.82, 2.24) is 0 Å². The quantitative estimate of drug-likeness (QED) is 0.881. The number of carboxylic acids is 1. The van der Waals surface area contributed by atoms with Crippen molar-refractivity contribution < 1.29 is 14.8 Å². The predicted octanol–water partition coefficient (Wildman–Crippen LogP) is 0.264. The number of hydrogen-bond donors (Lipinski definition) is 1. The van der Waals surface area contributed by atoms with Crippen LogP contribution in [0.15, 0.2) is 48.5 Å². The zero-order valence-corrected chi connectivity index (χ0v) is 13.4. The van der Waals surface area contributed by atoms with Crippen molar-refractivity contribution in [3.63, 3.8) is 0 Å². The zero-order valence-electron chi connectivity index (χ0n) is 13.4. The highest BCUT2D eigenvalue weighted by Crippen LogP contribution is 2.19. The predicted molar refractivity (Wildman–Crippen MR) is 88.6 cm³/mol. The fraction of sp³-hybridized carbons (Fsp3) is 0.316. The third kappa shape index (κ3) is 3.54. The lowest BCUT2D eigenvalue weighted by Crippen LogP contribution is -3.13. The molecule has 0 bridgehead atoms. The first kappa shape index (κ1) is 15.6. The topological polar surface area (TPSA) is 47.8 Å². The number of rotatable bonds is 4. The Morgan fingerprint density at radius 1 is 1.09 bits per heavy atom. The van der Waals surface area contributed by atoms with E-state index in [4.69, 9.17) is 0 Å². The summed E-state index contributed by atoms with van der Waals surface area (Å²) in [4.78, 5) is 15.0. The highest BCUT2D eigenvalue weighted by Gasteiger charge is 2.22. The highest BCUT2D eigenvalue weighted by molar-refractivity contribution is 5.93. The van der Waals surface area contributed by atoms with Crippen LogP contribution < -0.4 is 14.9 Å². The first-order valence-electron chi connectivity index (χ1n) is 8.08. The summed E-state index contributed by atoms with van der Waals surface area (Å²) in [6.07, 6.45) is 0. The maximum absolute atomic E-state index is 11.3. The summed E-state index contributed by atoms with van der Waals surface area (Å²) in [7, 11) is 0. The van der Waals surface area contributed by atoms with Gasteiger partial charge in [-0.1, -0.05) is 42.5 Å². The summed E-state index contributed by atoms with van der Waals surface area (Å²) in [5, 5.41) is 11.3. The minimum atomic E-state index is -1.10. The number of carbonyl (C=O) groups is 1. The summed E-state index contributed by atoms with van der Waals surface area (Å²) in [5.41, 5.74) is 3.80. The number of anilines is 1. The second-order valence-electron chi connectivity index (χ2n) is 6.14. The van der Waals surface area contributed by atoms with Gasteiger partial charge in [-0.3, -0.25) is 0 Å². The maximum Gasteiger partial charge on any atom is 0.103 e. The number of hydrogen-bond acceptors (Lipinski definition) is 3. The third-order valence-electron chi connectivity index (χ3n) is 4.64. The molecule has 0 aromatic heterocycles. The lowest BCUT2D eigenvalue weighted by Gasteiger charge is -2.35. The van der Waals surface area contributed by atoms with Gasteiger partial charge < -0.3 is 19.7 Å². The molecular weight excluding hydrogens is 288 g/mol. The van der Waals surface area contributed by atoms with E-state index in [1.54, 1.807) is 17.0 Å². The van der Waals surface area contributed by atoms with E-state index in [0.717, 1.165) is 38.4 Å². The third-order valence-corrected chi connectivity index (χ3v) is 4.64. The Morgan fingerprint density at radius 2 is 1.74 bits per heavy atom. The van der Waals surface area contributed by atoms with Crippen LogP contribution in [0.1, 0.15) is 21.5 Å². The molecule has 0 spiro atoms. The molecule has 0 aliphatic carbocycles. The Hall–Kier alpha value is -2.33. The van der Waals surface area contributed by atoms with Crippen molar-refractivity contribution in [2.24, 2.45) is 0 Å². The van der Waals surface area contributed by atoms with Gasteiger partial charge in [0.05, 0.1) is 32.1 Å². The van der Waals surface area contributed by atoms with Crippen molar-refractivity contribution in [1.29, 1.82) is 0 Å². The molecule has 1 aliphatic rings. The van der Waals surface area contributed by atoms with Gasteiger partial charge in [-0.05, 0) is 18.6 Å². The number of aryl methyl sites for hydroxylation is 1. The van der Waals surface area contributed by atoms with Gasteiger partial charge in [-0.25, -0.2) is 0 Å². The van der Waals surface area contributed by atoms with E-state index in [9.17, 15) is 9.90 Å². The van der Waals surface area contributed by atoms with Gasteiger partial charge in [-0.2, -0.15) is 0 Å². The van der Waals surface area contributed by atoms with Gasteiger partial charge in [-0.15, -0.1) is 0 Å². The van der Waals surface area contributed by atoms with Crippen LogP contribution >= 0.6 is 0 Å². The molecule has 0 amide bonds. The molecule has 0 atom stereocenters. The van der Waals surface area contributed by atoms with Gasteiger partial charge in [0.25, 0.3) is 0 Å². The molecule has 2 aromatic carbocycles. The van der Waals surface area contributed by atoms with Crippen molar-refractivity contribution in [3.8, 4) is 0 Å². The average Bonchev–Trinajstić information content (AvgIpc) is 2.58. The fourth-order valence-electron chi connectivity index (χ4n) is 3.24. The Kier molecular flexibility index (Phi) is 4.63. The molecule has 0 saturated carbocycles. The van der Waals surface area contributed by atoms with Crippen LogP contribution in [0, 0.1) is 6.92 Å². The van der Waals surface area contributed by atoms with Crippen molar-refractivity contribution in [2.75, 3.05) is 31.1 Å². The minimum absolute atomic E-state index is 0.287. The van der Waals surface area contributed by atoms with Gasteiger partial charge in [0.15, 0.2) is 0 Å². The lowest BCUT2D eigenvalue weighted by molar-refractivity contribution is -0.914. The number of aromatic carboxylic acids is 1. The van der Waals surface area contributed by atoms with Gasteiger partial charge in [0, 0.05) is 16.8 Å². The normalized spacial score (nSPS) is 15.6. The molecule has 4 heteroatoms. The van der Waals surface area contributed by atoms with Gasteiger partial charge in [0.1, 0.15) is 6.54 Å². The van der Waals surface area contributed by atoms with E-state index in [1.165, 1.54) is 11.1 Å². The molecule has 120 valence electrons. The van der Waals surface area contributed by atoms with Crippen LogP contribution in [0.5, 0.6) is 0 Å². The number of carbonyl (C=O) groups excluding carboxylic acids is 1. The van der Waals surface area contributed by atoms with E-state index in [1.807, 2.05) is 12.1 Å². The first-order valence-corrected chi connectivity index (χ1v) is 8.08. The van der Waals surface area contributed by atoms with E-state index >= 15 is 0 Å². The van der Waals surface area contributed by atoms with Crippen LogP contribution in [0.3, 0.4) is 0 Å². The molecule has 1 heterocycles. The van der Waals surface area contributed by atoms with Crippen molar-refractivity contribution in [3.05, 3.63) is 65.2 Å². The standard InChI is InChI=1S/C19H22N2O2/c1-15-6-2-3-7-16(15)14-20-10-12-21(13-11-20)18-9-5-4-8-17(18)19(22)23/h2-9H,10-14H2,1H3,(H,22,23). The van der Waals surface area contributed by atoms with Crippen LogP contribution in [0.4, 0.5) is 5.69 Å². The Balaban J connectivity index is 1.65. The lowest BCUT2D eigenvalue weighted by atomic mass is 10.1. The number of benzene rings is 2. The number of quaternary nitrogens is 1. The molecule has 0 unspecified atom stereocenters. The number of nitrogens with zero attached hydrogens (tertiary/aromatic N) is 1. The molecular formula is C19H22N2O2. The summed E-state index contributed by atoms with van der Waals surface area (Å²) in [5.74, 6) is -1.10. The van der Waals surface area contributed by atoms with E-state index in [0.29, 0.717) is 0 Å². The second-order valence-corrected chi connectivity index (χ2v) is 6.14. The highest BCUT2D eigenvalue weighted by atomic mass is 16.4. The molecule has 3 rings (SSSR count). The fourth-order valence-corrected chi connectivity index (χ4v) is 3.24. The Labute approximate surface area is 137 Å². The average molecular weight is 310 g/mol. The molecule has 2 aromatic rings. The van der Waals surface area contributed by atoms with E-state index in [2.05, 4.69) is 36.1 Å². The Morgan fingerprint density at radius 3 is 2.43 bits per heavy atom. The van der Waals surface area contributed by atoms with Crippen LogP contribution in [0.2, 0.25) is 0 Å². The molecule has 1 aliphatic heterocycles. The maximum atomic E-state index is 11.3. The number of carboxylic acid groups (broad SMARTS) is 1. The van der Waals surface area contributed by atoms with Crippen LogP contribution in [0.25, 0.3) is 0 Å². The number of para-hydroxylation sites is 1. The van der Waals surface area contributed by atoms with E-state index in [-0.39, 0.29) is 5.56 Å². The molecule has 4 nitrogen and oxygen atoms in total. The summed E-state index contributed by atoms with van der Waals surface area (Å²) in [6, 6.07) is 15.6. The van der Waals surface area contributed by atoms with Gasteiger partial charge in [0.2, 0.25) is 0 Å². The van der Waals surface area contributed by atoms with Gasteiger partial charge >= 0.3 is 0 Å². The van der Waals surface area contributed by atoms with Crippen LogP contribution in [-0.4, -0.2) is 32.1 Å². The summed E-state index contributed by atoms with van der Waals surface area (Å²) >= 11 is 0. The van der Waals surface area contributed by atoms with Crippen molar-refractivity contribution in [2.45, 2.75) is 13.5 Å². The van der Waals surface area contributed by atoms with Crippen molar-refractivity contribution >= 4 is 11.7 Å². The Bertz CT molecular complexity index is 691. The summed E-state index contributed by atoms with van der Waals surface area (Å²) in [6.45, 7) is 6.94. The zero-order chi connectivity index (χ0) is 16.2. The molecule has 1 fully saturated rings. The number of nitrogens with one attached hydrogen (secondary N) is 1. The first-order chi connectivity index (χ1) is 11.1. The molecule has 1 N–H and O–H groups in total. The molecule has 1 saturated heterocycles. The number of piperazine rings is 1. The molecule has 23 heavy (non-hydrogen) atoms. The largest absolute Gasteiger partial charge is 0.545 e. The van der Waals surface area contributed by atoms with Crippen LogP contribution in [-0.2, 0) is 6.54 Å². The SMILES string of the molecule is Cc1ccccc1C[NH+]1CCN(c2ccccc2C(=O)[O-])CC1. The monoisotopic (exact) mass is 310 g/mol. The molecule has 0 radical (unpaired) electrons. The second kappa shape index (κ2) is 6.84. The minimum Gasteiger partial charge on any atom is -0.545 e. The smallest absolute Gasteiger partial charge is 0.103 e. The van der Waals surface area contributed by atoms with E-state index < -0.39 is 5.97 Å². The summed E-state index contributed by atoms with van der Waals surface area (Å²) < 4.78 is 0.